The molecule has 5 nitrogen and oxygen atoms in total. The van der Waals surface area contributed by atoms with Gasteiger partial charge in [-0.2, -0.15) is 0 Å². The summed E-state index contributed by atoms with van der Waals surface area (Å²) >= 11 is 1.50. The van der Waals surface area contributed by atoms with Crippen molar-refractivity contribution in [1.82, 2.24) is 4.98 Å². The number of hydrogen-bond acceptors (Lipinski definition) is 5. The van der Waals surface area contributed by atoms with Crippen molar-refractivity contribution in [3.05, 3.63) is 107 Å². The monoisotopic (exact) mass is 414 g/mol. The standard InChI is InChI=1S/C24H18N2O3S/c25-23(28)18-6-8-19(9-7-18)24-26-20(15-30-24)14-29-21-12-10-17(11-13-21)22(27)16-4-2-1-3-5-16/h1-13,15H,14H2,(H2,25,28). The Kier molecular flexibility index (Phi) is 5.68. The van der Waals surface area contributed by atoms with E-state index >= 15 is 0 Å². The van der Waals surface area contributed by atoms with Crippen LogP contribution < -0.4 is 10.5 Å². The maximum atomic E-state index is 12.5. The topological polar surface area (TPSA) is 82.3 Å². The van der Waals surface area contributed by atoms with E-state index in [1.807, 2.05) is 35.7 Å². The smallest absolute Gasteiger partial charge is 0.248 e. The summed E-state index contributed by atoms with van der Waals surface area (Å²) in [7, 11) is 0. The van der Waals surface area contributed by atoms with Gasteiger partial charge in [-0.1, -0.05) is 42.5 Å². The van der Waals surface area contributed by atoms with E-state index < -0.39 is 5.91 Å². The highest BCUT2D eigenvalue weighted by Gasteiger charge is 2.10. The molecule has 4 aromatic rings. The summed E-state index contributed by atoms with van der Waals surface area (Å²) in [6.07, 6.45) is 0. The molecular weight excluding hydrogens is 396 g/mol. The number of benzene rings is 3. The van der Waals surface area contributed by atoms with Crippen molar-refractivity contribution in [2.45, 2.75) is 6.61 Å². The predicted molar refractivity (Wildman–Crippen MR) is 117 cm³/mol. The lowest BCUT2D eigenvalue weighted by atomic mass is 10.0. The number of amides is 1. The van der Waals surface area contributed by atoms with Gasteiger partial charge >= 0.3 is 0 Å². The highest BCUT2D eigenvalue weighted by Crippen LogP contribution is 2.25. The third kappa shape index (κ3) is 4.45. The number of rotatable bonds is 7. The SMILES string of the molecule is NC(=O)c1ccc(-c2nc(COc3ccc(C(=O)c4ccccc4)cc3)cs2)cc1. The highest BCUT2D eigenvalue weighted by atomic mass is 32.1. The van der Waals surface area contributed by atoms with Gasteiger partial charge in [-0.25, -0.2) is 4.98 Å². The van der Waals surface area contributed by atoms with Gasteiger partial charge in [-0.15, -0.1) is 11.3 Å². The normalized spacial score (nSPS) is 10.5. The largest absolute Gasteiger partial charge is 0.487 e. The van der Waals surface area contributed by atoms with E-state index in [2.05, 4.69) is 4.98 Å². The molecule has 0 fully saturated rings. The Balaban J connectivity index is 1.38. The lowest BCUT2D eigenvalue weighted by Gasteiger charge is -2.06. The van der Waals surface area contributed by atoms with Crippen LogP contribution >= 0.6 is 11.3 Å². The molecule has 0 aliphatic rings. The molecule has 0 radical (unpaired) electrons. The highest BCUT2D eigenvalue weighted by molar-refractivity contribution is 7.13. The fourth-order valence-electron chi connectivity index (χ4n) is 2.90. The van der Waals surface area contributed by atoms with Gasteiger partial charge < -0.3 is 10.5 Å². The molecule has 1 amide bonds. The Bertz CT molecular complexity index is 1170. The first-order valence-corrected chi connectivity index (χ1v) is 10.2. The zero-order valence-corrected chi connectivity index (χ0v) is 16.8. The number of primary amides is 1. The van der Waals surface area contributed by atoms with Crippen LogP contribution in [0.15, 0.2) is 84.2 Å². The number of nitrogens with zero attached hydrogens (tertiary/aromatic N) is 1. The van der Waals surface area contributed by atoms with Gasteiger partial charge in [0.15, 0.2) is 5.78 Å². The van der Waals surface area contributed by atoms with Gasteiger partial charge in [0.1, 0.15) is 17.4 Å². The number of ketones is 1. The van der Waals surface area contributed by atoms with Crippen LogP contribution in [-0.2, 0) is 6.61 Å². The van der Waals surface area contributed by atoms with Crippen LogP contribution in [0, 0.1) is 0 Å². The Morgan fingerprint density at radius 2 is 1.47 bits per heavy atom. The Hall–Kier alpha value is -3.77. The molecule has 1 heterocycles. The zero-order chi connectivity index (χ0) is 20.9. The Labute approximate surface area is 177 Å². The number of aromatic nitrogens is 1. The average molecular weight is 414 g/mol. The van der Waals surface area contributed by atoms with E-state index in [1.165, 1.54) is 11.3 Å². The first kappa shape index (κ1) is 19.5. The molecule has 6 heteroatoms. The molecule has 0 spiro atoms. The first-order valence-electron chi connectivity index (χ1n) is 9.27. The molecule has 0 saturated carbocycles. The Morgan fingerprint density at radius 3 is 2.13 bits per heavy atom. The minimum atomic E-state index is -0.453. The number of thiazole rings is 1. The van der Waals surface area contributed by atoms with Crippen molar-refractivity contribution in [3.8, 4) is 16.3 Å². The number of nitrogens with two attached hydrogens (primary N) is 1. The second-order valence-corrected chi connectivity index (χ2v) is 7.45. The minimum absolute atomic E-state index is 0.0198. The molecule has 0 atom stereocenters. The molecule has 3 aromatic carbocycles. The van der Waals surface area contributed by atoms with Gasteiger partial charge in [-0.3, -0.25) is 9.59 Å². The van der Waals surface area contributed by atoms with E-state index in [4.69, 9.17) is 10.5 Å². The average Bonchev–Trinajstić information content (AvgIpc) is 3.27. The van der Waals surface area contributed by atoms with Crippen molar-refractivity contribution >= 4 is 23.0 Å². The molecule has 0 aliphatic carbocycles. The lowest BCUT2D eigenvalue weighted by Crippen LogP contribution is -2.10. The third-order valence-electron chi connectivity index (χ3n) is 4.51. The predicted octanol–water partition coefficient (Wildman–Crippen LogP) is 4.72. The second kappa shape index (κ2) is 8.71. The molecule has 148 valence electrons. The van der Waals surface area contributed by atoms with E-state index in [0.717, 1.165) is 16.3 Å². The van der Waals surface area contributed by atoms with E-state index in [9.17, 15) is 9.59 Å². The van der Waals surface area contributed by atoms with Crippen molar-refractivity contribution in [1.29, 1.82) is 0 Å². The summed E-state index contributed by atoms with van der Waals surface area (Å²) < 4.78 is 5.80. The molecular formula is C24H18N2O3S. The van der Waals surface area contributed by atoms with Gasteiger partial charge in [0.05, 0.1) is 5.69 Å². The molecule has 0 saturated heterocycles. The fraction of sp³-hybridized carbons (Fsp3) is 0.0417. The summed E-state index contributed by atoms with van der Waals surface area (Å²) in [6, 6.07) is 23.3. The van der Waals surface area contributed by atoms with Crippen molar-refractivity contribution in [2.75, 3.05) is 0 Å². The second-order valence-electron chi connectivity index (χ2n) is 6.59. The molecule has 4 rings (SSSR count). The maximum Gasteiger partial charge on any atom is 0.248 e. The number of carbonyl (C=O) groups is 2. The zero-order valence-electron chi connectivity index (χ0n) is 15.9. The van der Waals surface area contributed by atoms with Crippen LogP contribution in [0.4, 0.5) is 0 Å². The van der Waals surface area contributed by atoms with Crippen LogP contribution in [0.5, 0.6) is 5.75 Å². The quantitative estimate of drug-likeness (QED) is 0.444. The van der Waals surface area contributed by atoms with E-state index in [1.54, 1.807) is 48.5 Å². The van der Waals surface area contributed by atoms with Gasteiger partial charge in [-0.05, 0) is 36.4 Å². The summed E-state index contributed by atoms with van der Waals surface area (Å²) in [5, 5.41) is 2.78. The molecule has 0 bridgehead atoms. The molecule has 1 aromatic heterocycles. The molecule has 30 heavy (non-hydrogen) atoms. The number of carbonyl (C=O) groups excluding carboxylic acids is 2. The van der Waals surface area contributed by atoms with Crippen LogP contribution in [0.3, 0.4) is 0 Å². The van der Waals surface area contributed by atoms with Crippen molar-refractivity contribution in [2.24, 2.45) is 5.73 Å². The van der Waals surface area contributed by atoms with Gasteiger partial charge in [0.2, 0.25) is 5.91 Å². The van der Waals surface area contributed by atoms with Crippen molar-refractivity contribution < 1.29 is 14.3 Å². The lowest BCUT2D eigenvalue weighted by molar-refractivity contribution is 0.0998. The summed E-state index contributed by atoms with van der Waals surface area (Å²) in [4.78, 5) is 28.2. The summed E-state index contributed by atoms with van der Waals surface area (Å²) in [5.74, 6) is 0.194. The third-order valence-corrected chi connectivity index (χ3v) is 5.45. The van der Waals surface area contributed by atoms with Crippen LogP contribution in [0.25, 0.3) is 10.6 Å². The van der Waals surface area contributed by atoms with Crippen LogP contribution in [0.2, 0.25) is 0 Å². The van der Waals surface area contributed by atoms with Gasteiger partial charge in [0, 0.05) is 27.6 Å². The summed E-state index contributed by atoms with van der Waals surface area (Å²) in [6.45, 7) is 0.321. The summed E-state index contributed by atoms with van der Waals surface area (Å²) in [5.41, 5.74) is 8.73. The fourth-order valence-corrected chi connectivity index (χ4v) is 3.71. The minimum Gasteiger partial charge on any atom is -0.487 e. The van der Waals surface area contributed by atoms with Crippen LogP contribution in [-0.4, -0.2) is 16.7 Å². The van der Waals surface area contributed by atoms with Gasteiger partial charge in [0.25, 0.3) is 0 Å². The van der Waals surface area contributed by atoms with E-state index in [-0.39, 0.29) is 5.78 Å². The maximum absolute atomic E-state index is 12.5. The number of hydrogen-bond donors (Lipinski definition) is 1. The molecule has 0 unspecified atom stereocenters. The number of ether oxygens (including phenoxy) is 1. The molecule has 0 aliphatic heterocycles. The van der Waals surface area contributed by atoms with Crippen molar-refractivity contribution in [3.63, 3.8) is 0 Å². The first-order chi connectivity index (χ1) is 14.6. The molecule has 2 N–H and O–H groups in total. The van der Waals surface area contributed by atoms with E-state index in [0.29, 0.717) is 29.0 Å². The van der Waals surface area contributed by atoms with Crippen LogP contribution in [0.1, 0.15) is 32.0 Å². The Morgan fingerprint density at radius 1 is 0.833 bits per heavy atom.